The molecule has 31 heavy (non-hydrogen) atoms. The molecule has 1 aliphatic heterocycles. The number of aromatic amines is 1. The van der Waals surface area contributed by atoms with Crippen LogP contribution in [0.4, 0.5) is 0 Å². The van der Waals surface area contributed by atoms with Crippen molar-refractivity contribution in [2.75, 3.05) is 32.8 Å². The number of hydrogen-bond donors (Lipinski definition) is 2. The van der Waals surface area contributed by atoms with E-state index in [-0.39, 0.29) is 6.04 Å². The van der Waals surface area contributed by atoms with E-state index in [4.69, 9.17) is 4.74 Å². The van der Waals surface area contributed by atoms with Crippen LogP contribution in [0.2, 0.25) is 0 Å². The van der Waals surface area contributed by atoms with Gasteiger partial charge in [0.2, 0.25) is 0 Å². The predicted molar refractivity (Wildman–Crippen MR) is 123 cm³/mol. The van der Waals surface area contributed by atoms with Gasteiger partial charge in [0.15, 0.2) is 0 Å². The highest BCUT2D eigenvalue weighted by atomic mass is 16.5. The lowest BCUT2D eigenvalue weighted by atomic mass is 10.00. The summed E-state index contributed by atoms with van der Waals surface area (Å²) in [4.78, 5) is 7.09. The van der Waals surface area contributed by atoms with Gasteiger partial charge in [0.05, 0.1) is 36.8 Å². The van der Waals surface area contributed by atoms with E-state index in [0.717, 1.165) is 56.3 Å². The fraction of sp³-hybridized carbons (Fsp3) is 0.280. The molecule has 0 bridgehead atoms. The quantitative estimate of drug-likeness (QED) is 0.483. The fourth-order valence-corrected chi connectivity index (χ4v) is 4.35. The number of benzene rings is 2. The number of pyridine rings is 1. The van der Waals surface area contributed by atoms with E-state index in [0.29, 0.717) is 0 Å². The van der Waals surface area contributed by atoms with Gasteiger partial charge in [-0.15, -0.1) is 0 Å². The average Bonchev–Trinajstić information content (AvgIpc) is 3.31. The first kappa shape index (κ1) is 19.9. The molecular formula is C25H27N5O. The van der Waals surface area contributed by atoms with Gasteiger partial charge < -0.3 is 10.1 Å². The molecule has 0 spiro atoms. The zero-order valence-electron chi connectivity index (χ0n) is 17.5. The van der Waals surface area contributed by atoms with Gasteiger partial charge >= 0.3 is 0 Å². The number of morpholine rings is 1. The lowest BCUT2D eigenvalue weighted by molar-refractivity contribution is 0.0152. The zero-order valence-corrected chi connectivity index (χ0v) is 17.5. The maximum atomic E-state index is 5.55. The third-order valence-corrected chi connectivity index (χ3v) is 5.95. The van der Waals surface area contributed by atoms with Crippen LogP contribution in [-0.2, 0) is 11.3 Å². The second kappa shape index (κ2) is 9.39. The van der Waals surface area contributed by atoms with Gasteiger partial charge in [0, 0.05) is 43.5 Å². The molecule has 4 aromatic rings. The minimum absolute atomic E-state index is 0.220. The van der Waals surface area contributed by atoms with E-state index >= 15 is 0 Å². The number of H-pyrrole nitrogens is 1. The molecule has 0 saturated carbocycles. The number of hydrogen-bond acceptors (Lipinski definition) is 5. The summed E-state index contributed by atoms with van der Waals surface area (Å²) in [6.07, 6.45) is 3.80. The monoisotopic (exact) mass is 413 g/mol. The Balaban J connectivity index is 1.34. The van der Waals surface area contributed by atoms with Crippen molar-refractivity contribution in [2.45, 2.75) is 12.6 Å². The highest BCUT2D eigenvalue weighted by Crippen LogP contribution is 2.29. The SMILES string of the molecule is c1ccc(C(CNCc2cn[nH]c2-c2cccc3ccccc23)N2CCOCC2)nc1. The maximum absolute atomic E-state index is 5.55. The molecule has 1 aliphatic rings. The fourth-order valence-electron chi connectivity index (χ4n) is 4.35. The van der Waals surface area contributed by atoms with Gasteiger partial charge in [-0.05, 0) is 22.9 Å². The molecule has 0 amide bonds. The van der Waals surface area contributed by atoms with Crippen LogP contribution >= 0.6 is 0 Å². The van der Waals surface area contributed by atoms with Crippen molar-refractivity contribution in [1.82, 2.24) is 25.4 Å². The van der Waals surface area contributed by atoms with Crippen LogP contribution in [0.3, 0.4) is 0 Å². The van der Waals surface area contributed by atoms with Gasteiger partial charge in [-0.2, -0.15) is 5.10 Å². The molecule has 6 nitrogen and oxygen atoms in total. The Kier molecular flexibility index (Phi) is 6.02. The van der Waals surface area contributed by atoms with Gasteiger partial charge in [-0.1, -0.05) is 48.5 Å². The van der Waals surface area contributed by atoms with Crippen LogP contribution in [0.15, 0.2) is 73.1 Å². The van der Waals surface area contributed by atoms with Crippen LogP contribution in [-0.4, -0.2) is 52.9 Å². The predicted octanol–water partition coefficient (Wildman–Crippen LogP) is 3.79. The second-order valence-electron chi connectivity index (χ2n) is 7.85. The normalized spacial score (nSPS) is 15.9. The number of rotatable bonds is 7. The molecule has 5 rings (SSSR count). The highest BCUT2D eigenvalue weighted by molar-refractivity contribution is 5.96. The molecule has 0 radical (unpaired) electrons. The Morgan fingerprint density at radius 2 is 1.84 bits per heavy atom. The average molecular weight is 414 g/mol. The standard InChI is InChI=1S/C25H27N5O/c1-2-8-21-19(6-1)7-5-9-22(21)25-20(17-28-29-25)16-26-18-24(23-10-3-4-11-27-23)30-12-14-31-15-13-30/h1-11,17,24,26H,12-16,18H2,(H,28,29). The molecule has 1 atom stereocenters. The number of ether oxygens (including phenoxy) is 1. The van der Waals surface area contributed by atoms with Crippen molar-refractivity contribution in [2.24, 2.45) is 0 Å². The number of fused-ring (bicyclic) bond motifs is 1. The summed E-state index contributed by atoms with van der Waals surface area (Å²) in [6, 6.07) is 21.2. The summed E-state index contributed by atoms with van der Waals surface area (Å²) in [5, 5.41) is 13.7. The molecule has 3 heterocycles. The van der Waals surface area contributed by atoms with Crippen LogP contribution in [0.1, 0.15) is 17.3 Å². The first-order valence-corrected chi connectivity index (χ1v) is 10.8. The summed E-state index contributed by atoms with van der Waals surface area (Å²) >= 11 is 0. The van der Waals surface area contributed by atoms with Crippen molar-refractivity contribution < 1.29 is 4.74 Å². The molecule has 6 heteroatoms. The molecule has 2 N–H and O–H groups in total. The number of nitrogens with one attached hydrogen (secondary N) is 2. The van der Waals surface area contributed by atoms with E-state index in [1.165, 1.54) is 16.3 Å². The smallest absolute Gasteiger partial charge is 0.0701 e. The topological polar surface area (TPSA) is 66.1 Å². The van der Waals surface area contributed by atoms with Crippen molar-refractivity contribution >= 4 is 10.8 Å². The van der Waals surface area contributed by atoms with E-state index in [1.54, 1.807) is 0 Å². The lowest BCUT2D eigenvalue weighted by Crippen LogP contribution is -2.43. The third-order valence-electron chi connectivity index (χ3n) is 5.95. The minimum atomic E-state index is 0.220. The first-order valence-electron chi connectivity index (χ1n) is 10.8. The van der Waals surface area contributed by atoms with Gasteiger partial charge in [0.1, 0.15) is 0 Å². The maximum Gasteiger partial charge on any atom is 0.0701 e. The van der Waals surface area contributed by atoms with Crippen molar-refractivity contribution in [3.63, 3.8) is 0 Å². The molecule has 1 unspecified atom stereocenters. The van der Waals surface area contributed by atoms with Crippen LogP contribution in [0.25, 0.3) is 22.0 Å². The summed E-state index contributed by atoms with van der Waals surface area (Å²) < 4.78 is 5.55. The highest BCUT2D eigenvalue weighted by Gasteiger charge is 2.23. The Labute approximate surface area is 182 Å². The van der Waals surface area contributed by atoms with Gasteiger partial charge in [-0.3, -0.25) is 15.0 Å². The van der Waals surface area contributed by atoms with Crippen molar-refractivity contribution in [3.8, 4) is 11.3 Å². The molecule has 1 fully saturated rings. The number of aromatic nitrogens is 3. The zero-order chi connectivity index (χ0) is 20.9. The Morgan fingerprint density at radius 1 is 1.00 bits per heavy atom. The van der Waals surface area contributed by atoms with Crippen LogP contribution in [0, 0.1) is 0 Å². The summed E-state index contributed by atoms with van der Waals surface area (Å²) in [5.41, 5.74) is 4.52. The summed E-state index contributed by atoms with van der Waals surface area (Å²) in [6.45, 7) is 4.96. The molecule has 158 valence electrons. The Hall–Kier alpha value is -3.06. The Morgan fingerprint density at radius 3 is 2.71 bits per heavy atom. The second-order valence-corrected chi connectivity index (χ2v) is 7.85. The molecular weight excluding hydrogens is 386 g/mol. The van der Waals surface area contributed by atoms with Gasteiger partial charge in [-0.25, -0.2) is 0 Å². The van der Waals surface area contributed by atoms with Crippen molar-refractivity contribution in [1.29, 1.82) is 0 Å². The summed E-state index contributed by atoms with van der Waals surface area (Å²) in [7, 11) is 0. The molecule has 1 saturated heterocycles. The summed E-state index contributed by atoms with van der Waals surface area (Å²) in [5.74, 6) is 0. The lowest BCUT2D eigenvalue weighted by Gasteiger charge is -2.34. The van der Waals surface area contributed by atoms with E-state index in [9.17, 15) is 0 Å². The minimum Gasteiger partial charge on any atom is -0.379 e. The molecule has 2 aromatic carbocycles. The van der Waals surface area contributed by atoms with E-state index < -0.39 is 0 Å². The molecule has 0 aliphatic carbocycles. The van der Waals surface area contributed by atoms with Crippen LogP contribution in [0.5, 0.6) is 0 Å². The van der Waals surface area contributed by atoms with Crippen molar-refractivity contribution in [3.05, 3.63) is 84.3 Å². The third kappa shape index (κ3) is 4.37. The Bertz CT molecular complexity index is 1120. The van der Waals surface area contributed by atoms with E-state index in [1.807, 2.05) is 18.5 Å². The van der Waals surface area contributed by atoms with Crippen LogP contribution < -0.4 is 5.32 Å². The van der Waals surface area contributed by atoms with Gasteiger partial charge in [0.25, 0.3) is 0 Å². The number of nitrogens with zero attached hydrogens (tertiary/aromatic N) is 3. The van der Waals surface area contributed by atoms with E-state index in [2.05, 4.69) is 80.0 Å². The first-order chi connectivity index (χ1) is 15.4. The molecule has 2 aromatic heterocycles. The largest absolute Gasteiger partial charge is 0.379 e.